The molecule has 1 aromatic rings. The second kappa shape index (κ2) is 7.97. The summed E-state index contributed by atoms with van der Waals surface area (Å²) >= 11 is 0. The van der Waals surface area contributed by atoms with E-state index in [0.717, 1.165) is 31.5 Å². The molecule has 0 bridgehead atoms. The van der Waals surface area contributed by atoms with Crippen LogP contribution in [0.25, 0.3) is 0 Å². The third kappa shape index (κ3) is 5.67. The Balaban J connectivity index is 2.40. The van der Waals surface area contributed by atoms with Crippen molar-refractivity contribution < 1.29 is 13.2 Å². The van der Waals surface area contributed by atoms with Crippen LogP contribution >= 0.6 is 0 Å². The van der Waals surface area contributed by atoms with Crippen LogP contribution in [0.3, 0.4) is 0 Å². The molecule has 0 aliphatic rings. The summed E-state index contributed by atoms with van der Waals surface area (Å²) in [6.07, 6.45) is 3.42. The number of rotatable bonds is 8. The number of halogens is 3. The number of nitrogens with two attached hydrogens (primary N) is 1. The first kappa shape index (κ1) is 16.6. The lowest BCUT2D eigenvalue weighted by Crippen LogP contribution is -2.11. The Morgan fingerprint density at radius 1 is 1.15 bits per heavy atom. The summed E-state index contributed by atoms with van der Waals surface area (Å²) < 4.78 is 37.6. The maximum Gasteiger partial charge on any atom is 0.433 e. The van der Waals surface area contributed by atoms with Gasteiger partial charge in [-0.25, -0.2) is 4.98 Å². The second-order valence-electron chi connectivity index (χ2n) is 4.85. The molecule has 0 unspecified atom stereocenters. The highest BCUT2D eigenvalue weighted by atomic mass is 19.4. The van der Waals surface area contributed by atoms with Gasteiger partial charge < -0.3 is 11.1 Å². The first-order valence-electron chi connectivity index (χ1n) is 7.01. The van der Waals surface area contributed by atoms with Gasteiger partial charge in [0.1, 0.15) is 5.69 Å². The predicted molar refractivity (Wildman–Crippen MR) is 75.5 cm³/mol. The minimum Gasteiger partial charge on any atom is -0.396 e. The van der Waals surface area contributed by atoms with Crippen molar-refractivity contribution >= 4 is 11.4 Å². The summed E-state index contributed by atoms with van der Waals surface area (Å²) in [4.78, 5) is 3.30. The maximum atomic E-state index is 12.5. The van der Waals surface area contributed by atoms with Gasteiger partial charge in [-0.3, -0.25) is 0 Å². The average molecular weight is 289 g/mol. The van der Waals surface area contributed by atoms with E-state index in [1.807, 2.05) is 0 Å². The Kier molecular flexibility index (Phi) is 6.61. The molecule has 114 valence electrons. The molecule has 0 spiro atoms. The highest BCUT2D eigenvalue weighted by molar-refractivity contribution is 5.65. The quantitative estimate of drug-likeness (QED) is 0.695. The molecule has 0 fully saturated rings. The molecule has 1 rings (SSSR count). The van der Waals surface area contributed by atoms with Crippen LogP contribution in [0.15, 0.2) is 12.3 Å². The number of pyridine rings is 1. The molecule has 0 atom stereocenters. The van der Waals surface area contributed by atoms with E-state index < -0.39 is 11.9 Å². The summed E-state index contributed by atoms with van der Waals surface area (Å²) in [6, 6.07) is 0.965. The van der Waals surface area contributed by atoms with Gasteiger partial charge in [0.25, 0.3) is 0 Å². The number of aromatic nitrogens is 1. The number of hydrogen-bond donors (Lipinski definition) is 2. The fourth-order valence-corrected chi connectivity index (χ4v) is 1.90. The Labute approximate surface area is 117 Å². The van der Waals surface area contributed by atoms with Crippen LogP contribution in [-0.4, -0.2) is 11.5 Å². The second-order valence-corrected chi connectivity index (χ2v) is 4.85. The molecule has 0 aliphatic heterocycles. The van der Waals surface area contributed by atoms with E-state index in [2.05, 4.69) is 17.2 Å². The zero-order valence-corrected chi connectivity index (χ0v) is 11.8. The smallest absolute Gasteiger partial charge is 0.396 e. The largest absolute Gasteiger partial charge is 0.433 e. The van der Waals surface area contributed by atoms with Crippen molar-refractivity contribution in [2.24, 2.45) is 0 Å². The Morgan fingerprint density at radius 2 is 1.80 bits per heavy atom. The standard InChI is InChI=1S/C14H22F3N3/c1-2-3-4-5-6-7-8-19-12-9-13(14(15,16)17)20-10-11(12)18/h9-10H,2-8,18H2,1H3,(H,19,20). The molecule has 3 nitrogen and oxygen atoms in total. The van der Waals surface area contributed by atoms with Crippen LogP contribution in [0, 0.1) is 0 Å². The van der Waals surface area contributed by atoms with Crippen molar-refractivity contribution in [1.29, 1.82) is 0 Å². The number of nitrogens with zero attached hydrogens (tertiary/aromatic N) is 1. The normalized spacial score (nSPS) is 11.6. The molecule has 6 heteroatoms. The number of nitrogens with one attached hydrogen (secondary N) is 1. The molecule has 0 radical (unpaired) electrons. The Bertz CT molecular complexity index is 405. The zero-order chi connectivity index (χ0) is 15.0. The van der Waals surface area contributed by atoms with Crippen LogP contribution < -0.4 is 11.1 Å². The van der Waals surface area contributed by atoms with Crippen LogP contribution in [0.5, 0.6) is 0 Å². The molecule has 0 amide bonds. The predicted octanol–water partition coefficient (Wildman–Crippen LogP) is 4.46. The van der Waals surface area contributed by atoms with Crippen molar-refractivity contribution in [3.8, 4) is 0 Å². The van der Waals surface area contributed by atoms with Gasteiger partial charge in [0, 0.05) is 6.54 Å². The third-order valence-electron chi connectivity index (χ3n) is 3.07. The monoisotopic (exact) mass is 289 g/mol. The van der Waals surface area contributed by atoms with Gasteiger partial charge in [-0.05, 0) is 12.5 Å². The number of unbranched alkanes of at least 4 members (excludes halogenated alkanes) is 5. The summed E-state index contributed by atoms with van der Waals surface area (Å²) in [7, 11) is 0. The summed E-state index contributed by atoms with van der Waals surface area (Å²) in [5, 5.41) is 2.95. The van der Waals surface area contributed by atoms with Gasteiger partial charge in [-0.15, -0.1) is 0 Å². The van der Waals surface area contributed by atoms with Gasteiger partial charge in [0.05, 0.1) is 17.6 Å². The molecule has 3 N–H and O–H groups in total. The van der Waals surface area contributed by atoms with Crippen molar-refractivity contribution in [3.63, 3.8) is 0 Å². The van der Waals surface area contributed by atoms with E-state index in [0.29, 0.717) is 12.2 Å². The van der Waals surface area contributed by atoms with Crippen molar-refractivity contribution in [2.75, 3.05) is 17.6 Å². The average Bonchev–Trinajstić information content (AvgIpc) is 2.38. The van der Waals surface area contributed by atoms with Gasteiger partial charge in [0.15, 0.2) is 0 Å². The van der Waals surface area contributed by atoms with Gasteiger partial charge in [-0.2, -0.15) is 13.2 Å². The summed E-state index contributed by atoms with van der Waals surface area (Å²) in [5.41, 5.74) is 5.25. The number of nitrogen functional groups attached to an aromatic ring is 1. The van der Waals surface area contributed by atoms with Gasteiger partial charge in [0.2, 0.25) is 0 Å². The van der Waals surface area contributed by atoms with E-state index in [-0.39, 0.29) is 5.69 Å². The maximum absolute atomic E-state index is 12.5. The fraction of sp³-hybridized carbons (Fsp3) is 0.643. The molecular weight excluding hydrogens is 267 g/mol. The summed E-state index contributed by atoms with van der Waals surface area (Å²) in [5.74, 6) is 0. The Morgan fingerprint density at radius 3 is 2.45 bits per heavy atom. The highest BCUT2D eigenvalue weighted by Gasteiger charge is 2.32. The lowest BCUT2D eigenvalue weighted by Gasteiger charge is -2.12. The van der Waals surface area contributed by atoms with Gasteiger partial charge in [-0.1, -0.05) is 39.0 Å². The van der Waals surface area contributed by atoms with E-state index in [1.165, 1.54) is 19.3 Å². The SMILES string of the molecule is CCCCCCCCNc1cc(C(F)(F)F)ncc1N. The molecule has 1 heterocycles. The minimum atomic E-state index is -4.44. The topological polar surface area (TPSA) is 50.9 Å². The minimum absolute atomic E-state index is 0.240. The van der Waals surface area contributed by atoms with E-state index in [9.17, 15) is 13.2 Å². The first-order chi connectivity index (χ1) is 9.45. The van der Waals surface area contributed by atoms with Crippen LogP contribution in [0.1, 0.15) is 51.1 Å². The Hall–Kier alpha value is -1.46. The van der Waals surface area contributed by atoms with Crippen LogP contribution in [0.4, 0.5) is 24.5 Å². The van der Waals surface area contributed by atoms with Crippen molar-refractivity contribution in [2.45, 2.75) is 51.6 Å². The lowest BCUT2D eigenvalue weighted by atomic mass is 10.1. The molecular formula is C14H22F3N3. The highest BCUT2D eigenvalue weighted by Crippen LogP contribution is 2.31. The number of alkyl halides is 3. The van der Waals surface area contributed by atoms with Crippen LogP contribution in [-0.2, 0) is 6.18 Å². The third-order valence-corrected chi connectivity index (χ3v) is 3.07. The molecule has 0 aliphatic carbocycles. The van der Waals surface area contributed by atoms with E-state index in [4.69, 9.17) is 5.73 Å². The summed E-state index contributed by atoms with van der Waals surface area (Å²) in [6.45, 7) is 2.78. The lowest BCUT2D eigenvalue weighted by molar-refractivity contribution is -0.141. The van der Waals surface area contributed by atoms with Crippen molar-refractivity contribution in [3.05, 3.63) is 18.0 Å². The van der Waals surface area contributed by atoms with Gasteiger partial charge >= 0.3 is 6.18 Å². The molecule has 0 saturated heterocycles. The van der Waals surface area contributed by atoms with E-state index in [1.54, 1.807) is 0 Å². The van der Waals surface area contributed by atoms with Crippen LogP contribution in [0.2, 0.25) is 0 Å². The first-order valence-corrected chi connectivity index (χ1v) is 7.01. The zero-order valence-electron chi connectivity index (χ0n) is 11.8. The number of hydrogen-bond acceptors (Lipinski definition) is 3. The fourth-order valence-electron chi connectivity index (χ4n) is 1.90. The number of anilines is 2. The van der Waals surface area contributed by atoms with Crippen molar-refractivity contribution in [1.82, 2.24) is 4.98 Å². The van der Waals surface area contributed by atoms with E-state index >= 15 is 0 Å². The molecule has 1 aromatic heterocycles. The molecule has 20 heavy (non-hydrogen) atoms. The molecule has 0 aromatic carbocycles. The molecule has 0 saturated carbocycles.